The summed E-state index contributed by atoms with van der Waals surface area (Å²) in [6.07, 6.45) is 0. The van der Waals surface area contributed by atoms with Crippen LogP contribution in [0.15, 0.2) is 22.6 Å². The van der Waals surface area contributed by atoms with Crippen LogP contribution < -0.4 is 14.8 Å². The van der Waals surface area contributed by atoms with E-state index < -0.39 is 0 Å². The Kier molecular flexibility index (Phi) is 3.03. The van der Waals surface area contributed by atoms with Crippen molar-refractivity contribution >= 4 is 5.69 Å². The van der Waals surface area contributed by atoms with E-state index in [-0.39, 0.29) is 0 Å². The van der Waals surface area contributed by atoms with Crippen molar-refractivity contribution in [3.8, 4) is 11.5 Å². The molecule has 1 N–H and O–H groups in total. The molecule has 100 valence electrons. The Balaban J connectivity index is 1.70. The number of aryl methyl sites for hydroxylation is 2. The summed E-state index contributed by atoms with van der Waals surface area (Å²) in [5.74, 6) is 3.11. The van der Waals surface area contributed by atoms with Gasteiger partial charge < -0.3 is 19.2 Å². The van der Waals surface area contributed by atoms with Crippen molar-refractivity contribution in [2.24, 2.45) is 0 Å². The molecule has 5 nitrogen and oxygen atoms in total. The summed E-state index contributed by atoms with van der Waals surface area (Å²) in [5.41, 5.74) is 1.89. The summed E-state index contributed by atoms with van der Waals surface area (Å²) in [6, 6.07) is 5.79. The summed E-state index contributed by atoms with van der Waals surface area (Å²) in [5, 5.41) is 3.26. The first-order valence-electron chi connectivity index (χ1n) is 6.29. The number of benzene rings is 1. The zero-order chi connectivity index (χ0) is 13.2. The van der Waals surface area contributed by atoms with Gasteiger partial charge in [0.05, 0.1) is 12.2 Å². The van der Waals surface area contributed by atoms with Crippen molar-refractivity contribution in [1.82, 2.24) is 4.98 Å². The van der Waals surface area contributed by atoms with Crippen LogP contribution in [0.2, 0.25) is 0 Å². The molecule has 0 radical (unpaired) electrons. The maximum absolute atomic E-state index is 5.54. The van der Waals surface area contributed by atoms with Gasteiger partial charge in [-0.05, 0) is 26.0 Å². The fourth-order valence-corrected chi connectivity index (χ4v) is 1.95. The maximum Gasteiger partial charge on any atom is 0.213 e. The molecule has 1 aliphatic rings. The average Bonchev–Trinajstić information content (AvgIpc) is 2.75. The lowest BCUT2D eigenvalue weighted by atomic mass is 10.2. The third-order valence-electron chi connectivity index (χ3n) is 3.06. The van der Waals surface area contributed by atoms with E-state index in [0.717, 1.165) is 28.6 Å². The molecule has 0 unspecified atom stereocenters. The molecule has 0 atom stereocenters. The Labute approximate surface area is 111 Å². The van der Waals surface area contributed by atoms with Gasteiger partial charge in [0, 0.05) is 11.8 Å². The maximum atomic E-state index is 5.54. The molecule has 2 aromatic rings. The van der Waals surface area contributed by atoms with Crippen LogP contribution in [-0.2, 0) is 6.54 Å². The average molecular weight is 260 g/mol. The van der Waals surface area contributed by atoms with Crippen LogP contribution in [0.1, 0.15) is 17.3 Å². The van der Waals surface area contributed by atoms with Gasteiger partial charge in [0.15, 0.2) is 11.5 Å². The number of fused-ring (bicyclic) bond motifs is 1. The van der Waals surface area contributed by atoms with Crippen LogP contribution in [0.25, 0.3) is 0 Å². The van der Waals surface area contributed by atoms with Crippen LogP contribution in [0.5, 0.6) is 11.5 Å². The molecule has 0 saturated heterocycles. The van der Waals surface area contributed by atoms with Gasteiger partial charge in [-0.3, -0.25) is 0 Å². The zero-order valence-electron chi connectivity index (χ0n) is 11.0. The van der Waals surface area contributed by atoms with E-state index in [1.807, 2.05) is 32.0 Å². The Bertz CT molecular complexity index is 573. The predicted octanol–water partition coefficient (Wildman–Crippen LogP) is 2.67. The fraction of sp³-hybridized carbons (Fsp3) is 0.357. The van der Waals surface area contributed by atoms with Crippen molar-refractivity contribution in [1.29, 1.82) is 0 Å². The number of hydrogen-bond donors (Lipinski definition) is 1. The summed E-state index contributed by atoms with van der Waals surface area (Å²) in [6.45, 7) is 5.60. The van der Waals surface area contributed by atoms with Gasteiger partial charge in [0.25, 0.3) is 0 Å². The molecule has 1 aromatic heterocycles. The van der Waals surface area contributed by atoms with Crippen LogP contribution in [0.3, 0.4) is 0 Å². The first-order chi connectivity index (χ1) is 9.22. The lowest BCUT2D eigenvalue weighted by molar-refractivity contribution is 0.171. The van der Waals surface area contributed by atoms with Crippen LogP contribution >= 0.6 is 0 Å². The molecule has 3 rings (SSSR count). The van der Waals surface area contributed by atoms with Gasteiger partial charge in [-0.1, -0.05) is 0 Å². The molecule has 2 heterocycles. The van der Waals surface area contributed by atoms with Crippen molar-refractivity contribution in [3.63, 3.8) is 0 Å². The van der Waals surface area contributed by atoms with Crippen molar-refractivity contribution in [2.45, 2.75) is 20.4 Å². The molecule has 0 spiro atoms. The molecule has 5 heteroatoms. The third kappa shape index (κ3) is 2.50. The third-order valence-corrected chi connectivity index (χ3v) is 3.06. The van der Waals surface area contributed by atoms with E-state index in [1.165, 1.54) is 0 Å². The van der Waals surface area contributed by atoms with Gasteiger partial charge in [-0.25, -0.2) is 4.98 Å². The summed E-state index contributed by atoms with van der Waals surface area (Å²) in [4.78, 5) is 4.33. The number of anilines is 1. The molecule has 0 fully saturated rings. The second-order valence-corrected chi connectivity index (χ2v) is 4.46. The van der Waals surface area contributed by atoms with Crippen LogP contribution in [0.4, 0.5) is 5.69 Å². The summed E-state index contributed by atoms with van der Waals surface area (Å²) < 4.78 is 16.5. The predicted molar refractivity (Wildman–Crippen MR) is 70.7 cm³/mol. The highest BCUT2D eigenvalue weighted by atomic mass is 16.6. The first-order valence-corrected chi connectivity index (χ1v) is 6.29. The monoisotopic (exact) mass is 260 g/mol. The minimum Gasteiger partial charge on any atom is -0.486 e. The van der Waals surface area contributed by atoms with E-state index in [0.29, 0.717) is 25.6 Å². The summed E-state index contributed by atoms with van der Waals surface area (Å²) >= 11 is 0. The SMILES string of the molecule is Cc1nc(CNc2ccc3c(c2)OCCO3)oc1C. The second-order valence-electron chi connectivity index (χ2n) is 4.46. The normalized spacial score (nSPS) is 13.4. The number of rotatable bonds is 3. The topological polar surface area (TPSA) is 56.5 Å². The van der Waals surface area contributed by atoms with E-state index in [9.17, 15) is 0 Å². The van der Waals surface area contributed by atoms with Gasteiger partial charge in [-0.15, -0.1) is 0 Å². The number of ether oxygens (including phenoxy) is 2. The van der Waals surface area contributed by atoms with E-state index >= 15 is 0 Å². The molecule has 1 aromatic carbocycles. The van der Waals surface area contributed by atoms with Gasteiger partial charge >= 0.3 is 0 Å². The smallest absolute Gasteiger partial charge is 0.213 e. The highest BCUT2D eigenvalue weighted by Gasteiger charge is 2.12. The van der Waals surface area contributed by atoms with Crippen LogP contribution in [0, 0.1) is 13.8 Å². The Morgan fingerprint density at radius 3 is 2.68 bits per heavy atom. The van der Waals surface area contributed by atoms with E-state index in [1.54, 1.807) is 0 Å². The van der Waals surface area contributed by atoms with Gasteiger partial charge in [0.1, 0.15) is 19.0 Å². The van der Waals surface area contributed by atoms with Crippen molar-refractivity contribution < 1.29 is 13.9 Å². The van der Waals surface area contributed by atoms with Gasteiger partial charge in [0.2, 0.25) is 5.89 Å². The van der Waals surface area contributed by atoms with Gasteiger partial charge in [-0.2, -0.15) is 0 Å². The first kappa shape index (κ1) is 11.9. The number of nitrogens with one attached hydrogen (secondary N) is 1. The minimum atomic E-state index is 0.550. The molecule has 1 aliphatic heterocycles. The Morgan fingerprint density at radius 2 is 1.95 bits per heavy atom. The lowest BCUT2D eigenvalue weighted by Gasteiger charge is -2.19. The summed E-state index contributed by atoms with van der Waals surface area (Å²) in [7, 11) is 0. The molecule has 19 heavy (non-hydrogen) atoms. The fourth-order valence-electron chi connectivity index (χ4n) is 1.95. The molecule has 0 aliphatic carbocycles. The highest BCUT2D eigenvalue weighted by molar-refractivity contribution is 5.55. The van der Waals surface area contributed by atoms with Crippen molar-refractivity contribution in [3.05, 3.63) is 35.5 Å². The van der Waals surface area contributed by atoms with E-state index in [4.69, 9.17) is 13.9 Å². The Hall–Kier alpha value is -2.17. The van der Waals surface area contributed by atoms with Crippen LogP contribution in [-0.4, -0.2) is 18.2 Å². The standard InChI is InChI=1S/C14H16N2O3/c1-9-10(2)19-14(16-9)8-15-11-3-4-12-13(7-11)18-6-5-17-12/h3-4,7,15H,5-6,8H2,1-2H3. The zero-order valence-corrected chi connectivity index (χ0v) is 11.0. The quantitative estimate of drug-likeness (QED) is 0.919. The number of hydrogen-bond acceptors (Lipinski definition) is 5. The molecular weight excluding hydrogens is 244 g/mol. The number of aromatic nitrogens is 1. The number of oxazole rings is 1. The molecular formula is C14H16N2O3. The van der Waals surface area contributed by atoms with Crippen molar-refractivity contribution in [2.75, 3.05) is 18.5 Å². The largest absolute Gasteiger partial charge is 0.486 e. The number of nitrogens with zero attached hydrogens (tertiary/aromatic N) is 1. The molecule has 0 saturated carbocycles. The second kappa shape index (κ2) is 4.84. The Morgan fingerprint density at radius 1 is 1.16 bits per heavy atom. The molecule has 0 amide bonds. The van der Waals surface area contributed by atoms with E-state index in [2.05, 4.69) is 10.3 Å². The molecule has 0 bridgehead atoms. The highest BCUT2D eigenvalue weighted by Crippen LogP contribution is 2.32. The lowest BCUT2D eigenvalue weighted by Crippen LogP contribution is -2.15. The minimum absolute atomic E-state index is 0.550.